The van der Waals surface area contributed by atoms with Gasteiger partial charge in [0.05, 0.1) is 18.7 Å². The number of aryl methyl sites for hydroxylation is 2. The second kappa shape index (κ2) is 8.47. The van der Waals surface area contributed by atoms with Gasteiger partial charge in [-0.15, -0.1) is 0 Å². The van der Waals surface area contributed by atoms with Crippen LogP contribution in [0.1, 0.15) is 36.0 Å². The minimum Gasteiger partial charge on any atom is -0.494 e. The van der Waals surface area contributed by atoms with Crippen molar-refractivity contribution in [3.05, 3.63) is 65.2 Å². The molecular formula is C22H23F3N2O3. The highest BCUT2D eigenvalue weighted by atomic mass is 19.4. The molecular weight excluding hydrogens is 397 g/mol. The molecule has 2 aromatic rings. The average Bonchev–Trinajstić information content (AvgIpc) is 3.04. The van der Waals surface area contributed by atoms with Crippen molar-refractivity contribution in [2.24, 2.45) is 5.10 Å². The van der Waals surface area contributed by atoms with Crippen molar-refractivity contribution in [1.29, 1.82) is 0 Å². The van der Waals surface area contributed by atoms with Crippen molar-refractivity contribution in [2.75, 3.05) is 6.61 Å². The molecule has 1 amide bonds. The third-order valence-electron chi connectivity index (χ3n) is 4.78. The quantitative estimate of drug-likeness (QED) is 0.707. The van der Waals surface area contributed by atoms with E-state index in [1.54, 1.807) is 36.4 Å². The number of halogens is 3. The Morgan fingerprint density at radius 1 is 1.17 bits per heavy atom. The topological polar surface area (TPSA) is 62.1 Å². The zero-order chi connectivity index (χ0) is 21.9. The highest BCUT2D eigenvalue weighted by molar-refractivity contribution is 6.03. The average molecular weight is 420 g/mol. The molecule has 0 aliphatic carbocycles. The molecule has 8 heteroatoms. The van der Waals surface area contributed by atoms with Gasteiger partial charge in [0.1, 0.15) is 5.75 Å². The molecule has 0 bridgehead atoms. The highest BCUT2D eigenvalue weighted by Gasteiger charge is 2.63. The molecule has 160 valence electrons. The molecule has 0 fully saturated rings. The van der Waals surface area contributed by atoms with Gasteiger partial charge in [-0.05, 0) is 38.0 Å². The van der Waals surface area contributed by atoms with Crippen LogP contribution >= 0.6 is 0 Å². The Morgan fingerprint density at radius 3 is 2.40 bits per heavy atom. The summed E-state index contributed by atoms with van der Waals surface area (Å²) < 4.78 is 46.5. The van der Waals surface area contributed by atoms with Gasteiger partial charge in [-0.1, -0.05) is 47.5 Å². The Kier molecular flexibility index (Phi) is 6.17. The Balaban J connectivity index is 1.74. The number of hydrazone groups is 1. The number of alkyl halides is 3. The maximum atomic E-state index is 13.7. The molecule has 5 nitrogen and oxygen atoms in total. The molecule has 0 saturated carbocycles. The summed E-state index contributed by atoms with van der Waals surface area (Å²) in [6.07, 6.45) is -5.92. The number of aliphatic hydroxyl groups is 1. The number of rotatable bonds is 6. The first kappa shape index (κ1) is 21.8. The monoisotopic (exact) mass is 420 g/mol. The third kappa shape index (κ3) is 4.64. The van der Waals surface area contributed by atoms with E-state index in [1.165, 1.54) is 0 Å². The molecule has 30 heavy (non-hydrogen) atoms. The Labute approximate surface area is 172 Å². The lowest BCUT2D eigenvalue weighted by Gasteiger charge is -2.32. The fraction of sp³-hybridized carbons (Fsp3) is 0.364. The van der Waals surface area contributed by atoms with Crippen LogP contribution in [-0.2, 0) is 4.79 Å². The number of ether oxygens (including phenoxy) is 1. The van der Waals surface area contributed by atoms with Crippen molar-refractivity contribution in [3.8, 4) is 5.75 Å². The van der Waals surface area contributed by atoms with E-state index in [4.69, 9.17) is 4.74 Å². The highest BCUT2D eigenvalue weighted by Crippen LogP contribution is 2.41. The molecule has 1 atom stereocenters. The summed E-state index contributed by atoms with van der Waals surface area (Å²) in [6, 6.07) is 14.1. The Bertz CT molecular complexity index is 924. The number of para-hydroxylation sites is 1. The number of hydrogen-bond acceptors (Lipinski definition) is 4. The van der Waals surface area contributed by atoms with Gasteiger partial charge >= 0.3 is 6.18 Å². The van der Waals surface area contributed by atoms with Gasteiger partial charge in [0.15, 0.2) is 0 Å². The second-order valence-electron chi connectivity index (χ2n) is 7.38. The molecule has 0 radical (unpaired) electrons. The summed E-state index contributed by atoms with van der Waals surface area (Å²) in [4.78, 5) is 12.5. The van der Waals surface area contributed by atoms with E-state index in [0.29, 0.717) is 11.3 Å². The zero-order valence-corrected chi connectivity index (χ0v) is 16.7. The lowest BCUT2D eigenvalue weighted by molar-refractivity contribution is -0.302. The van der Waals surface area contributed by atoms with Crippen molar-refractivity contribution in [1.82, 2.24) is 5.01 Å². The Hall–Kier alpha value is -2.87. The first-order valence-electron chi connectivity index (χ1n) is 9.56. The van der Waals surface area contributed by atoms with Gasteiger partial charge in [-0.2, -0.15) is 23.3 Å². The van der Waals surface area contributed by atoms with Crippen molar-refractivity contribution < 1.29 is 27.8 Å². The minimum absolute atomic E-state index is 0.0236. The lowest BCUT2D eigenvalue weighted by atomic mass is 9.98. The van der Waals surface area contributed by atoms with Crippen molar-refractivity contribution in [2.45, 2.75) is 45.0 Å². The van der Waals surface area contributed by atoms with Crippen LogP contribution in [-0.4, -0.2) is 40.2 Å². The summed E-state index contributed by atoms with van der Waals surface area (Å²) in [7, 11) is 0. The maximum Gasteiger partial charge on any atom is 0.438 e. The van der Waals surface area contributed by atoms with Crippen LogP contribution in [0.4, 0.5) is 13.2 Å². The first-order chi connectivity index (χ1) is 14.1. The predicted molar refractivity (Wildman–Crippen MR) is 106 cm³/mol. The standard InChI is InChI=1S/C22H23F3N2O3/c1-15-11-16(2)13-17(12-15)19-14-21(29,22(23,24)25)27(26-19)20(28)9-6-10-30-18-7-4-3-5-8-18/h3-5,7-8,11-13,29H,6,9-10,14H2,1-2H3. The molecule has 2 aromatic carbocycles. The molecule has 3 rings (SSSR count). The van der Waals surface area contributed by atoms with Crippen molar-refractivity contribution in [3.63, 3.8) is 0 Å². The number of benzene rings is 2. The molecule has 1 aliphatic rings. The summed E-state index contributed by atoms with van der Waals surface area (Å²) >= 11 is 0. The number of nitrogens with zero attached hydrogens (tertiary/aromatic N) is 2. The van der Waals surface area contributed by atoms with E-state index in [-0.39, 0.29) is 30.2 Å². The van der Waals surface area contributed by atoms with Crippen LogP contribution in [0.5, 0.6) is 5.75 Å². The summed E-state index contributed by atoms with van der Waals surface area (Å²) in [6.45, 7) is 3.79. The number of carbonyl (C=O) groups is 1. The van der Waals surface area contributed by atoms with Crippen molar-refractivity contribution >= 4 is 11.6 Å². The van der Waals surface area contributed by atoms with E-state index in [1.807, 2.05) is 26.0 Å². The maximum absolute atomic E-state index is 13.7. The normalized spacial score (nSPS) is 19.0. The van der Waals surface area contributed by atoms with Gasteiger partial charge in [0.25, 0.3) is 5.72 Å². The fourth-order valence-corrected chi connectivity index (χ4v) is 3.37. The number of carbonyl (C=O) groups excluding carboxylic acids is 1. The van der Waals surface area contributed by atoms with E-state index in [2.05, 4.69) is 5.10 Å². The summed E-state index contributed by atoms with van der Waals surface area (Å²) in [5.74, 6) is -0.307. The van der Waals surface area contributed by atoms with Gasteiger partial charge in [-0.3, -0.25) is 4.79 Å². The van der Waals surface area contributed by atoms with Gasteiger partial charge in [0, 0.05) is 6.42 Å². The molecule has 1 aliphatic heterocycles. The summed E-state index contributed by atoms with van der Waals surface area (Å²) in [5.41, 5.74) is -1.18. The Morgan fingerprint density at radius 2 is 1.80 bits per heavy atom. The van der Waals surface area contributed by atoms with Gasteiger partial charge in [0.2, 0.25) is 5.91 Å². The molecule has 1 N–H and O–H groups in total. The zero-order valence-electron chi connectivity index (χ0n) is 16.7. The van der Waals surface area contributed by atoms with Gasteiger partial charge in [-0.25, -0.2) is 0 Å². The van der Waals surface area contributed by atoms with E-state index in [9.17, 15) is 23.1 Å². The van der Waals surface area contributed by atoms with Crippen LogP contribution in [0.15, 0.2) is 53.6 Å². The summed E-state index contributed by atoms with van der Waals surface area (Å²) in [5, 5.41) is 14.5. The van der Waals surface area contributed by atoms with E-state index < -0.39 is 24.2 Å². The minimum atomic E-state index is -5.05. The third-order valence-corrected chi connectivity index (χ3v) is 4.78. The fourth-order valence-electron chi connectivity index (χ4n) is 3.37. The molecule has 0 aromatic heterocycles. The van der Waals surface area contributed by atoms with Crippen LogP contribution < -0.4 is 4.74 Å². The molecule has 1 heterocycles. The van der Waals surface area contributed by atoms with E-state index in [0.717, 1.165) is 11.1 Å². The largest absolute Gasteiger partial charge is 0.494 e. The van der Waals surface area contributed by atoms with Gasteiger partial charge < -0.3 is 9.84 Å². The predicted octanol–water partition coefficient (Wildman–Crippen LogP) is 4.35. The first-order valence-corrected chi connectivity index (χ1v) is 9.56. The molecule has 0 spiro atoms. The van der Waals surface area contributed by atoms with Crippen LogP contribution in [0.3, 0.4) is 0 Å². The van der Waals surface area contributed by atoms with E-state index >= 15 is 0 Å². The van der Waals surface area contributed by atoms with Crippen LogP contribution in [0, 0.1) is 13.8 Å². The van der Waals surface area contributed by atoms with Crippen LogP contribution in [0.25, 0.3) is 0 Å². The lowest BCUT2D eigenvalue weighted by Crippen LogP contribution is -2.56. The number of hydrogen-bond donors (Lipinski definition) is 1. The van der Waals surface area contributed by atoms with Crippen LogP contribution in [0.2, 0.25) is 0 Å². The number of amides is 1. The second-order valence-corrected chi connectivity index (χ2v) is 7.38. The smallest absolute Gasteiger partial charge is 0.438 e. The SMILES string of the molecule is Cc1cc(C)cc(C2=NN(C(=O)CCCOc3ccccc3)C(O)(C(F)(F)F)C2)c1. The molecule has 0 saturated heterocycles. The molecule has 1 unspecified atom stereocenters.